The van der Waals surface area contributed by atoms with Crippen molar-refractivity contribution < 1.29 is 9.90 Å². The van der Waals surface area contributed by atoms with Crippen LogP contribution in [-0.4, -0.2) is 33.3 Å². The number of hydrogen-bond donors (Lipinski definition) is 1. The molecule has 1 N–H and O–H groups in total. The van der Waals surface area contributed by atoms with E-state index in [9.17, 15) is 9.90 Å². The number of thiocarbonyl (C=S) groups is 1. The minimum atomic E-state index is -1.25. The predicted molar refractivity (Wildman–Crippen MR) is 97.3 cm³/mol. The Hall–Kier alpha value is -1.76. The molecule has 1 fully saturated rings. The quantitative estimate of drug-likeness (QED) is 0.797. The Labute approximate surface area is 148 Å². The van der Waals surface area contributed by atoms with Gasteiger partial charge in [0.2, 0.25) is 0 Å². The first-order valence-corrected chi connectivity index (χ1v) is 8.29. The number of halogens is 1. The minimum Gasteiger partial charge on any atom is -0.369 e. The van der Waals surface area contributed by atoms with E-state index in [-0.39, 0.29) is 12.5 Å². The van der Waals surface area contributed by atoms with Gasteiger partial charge in [0.05, 0.1) is 6.54 Å². The molecule has 1 amide bonds. The number of nitrogens with zero attached hydrogens (tertiary/aromatic N) is 2. The number of β-amino-alcohol motifs (C(OH)–C–C–N with tert-alkyl or cyclic N) is 1. The summed E-state index contributed by atoms with van der Waals surface area (Å²) < 4.78 is 0.934. The second kappa shape index (κ2) is 6.03. The zero-order valence-corrected chi connectivity index (χ0v) is 14.8. The molecule has 1 heterocycles. The number of aliphatic hydroxyl groups is 1. The lowest BCUT2D eigenvalue weighted by Gasteiger charge is -2.29. The summed E-state index contributed by atoms with van der Waals surface area (Å²) in [6, 6.07) is 16.4. The lowest BCUT2D eigenvalue weighted by molar-refractivity contribution is 0.0588. The van der Waals surface area contributed by atoms with Gasteiger partial charge in [0.25, 0.3) is 5.91 Å². The third-order valence-electron chi connectivity index (χ3n) is 3.71. The zero-order valence-electron chi connectivity index (χ0n) is 12.4. The van der Waals surface area contributed by atoms with Crippen molar-refractivity contribution >= 4 is 44.9 Å². The summed E-state index contributed by atoms with van der Waals surface area (Å²) in [6.07, 6.45) is 0. The van der Waals surface area contributed by atoms with Crippen LogP contribution in [-0.2, 0) is 0 Å². The highest BCUT2D eigenvalue weighted by molar-refractivity contribution is 9.10. The molecule has 4 nitrogen and oxygen atoms in total. The maximum absolute atomic E-state index is 12.7. The van der Waals surface area contributed by atoms with Gasteiger partial charge in [-0.2, -0.15) is 0 Å². The summed E-state index contributed by atoms with van der Waals surface area (Å²) in [4.78, 5) is 15.7. The molecule has 1 aliphatic rings. The Balaban J connectivity index is 1.93. The summed E-state index contributed by atoms with van der Waals surface area (Å²) in [5.74, 6) is -0.213. The van der Waals surface area contributed by atoms with Gasteiger partial charge in [-0.1, -0.05) is 34.1 Å². The first kappa shape index (κ1) is 16.1. The van der Waals surface area contributed by atoms with E-state index in [1.54, 1.807) is 36.1 Å². The van der Waals surface area contributed by atoms with Crippen LogP contribution in [0, 0.1) is 0 Å². The summed E-state index contributed by atoms with van der Waals surface area (Å²) in [5, 5.41) is 11.0. The first-order valence-electron chi connectivity index (χ1n) is 7.09. The normalized spacial score (nSPS) is 20.9. The smallest absolute Gasteiger partial charge is 0.260 e. The summed E-state index contributed by atoms with van der Waals surface area (Å²) in [6.45, 7) is 1.77. The molecule has 1 saturated heterocycles. The van der Waals surface area contributed by atoms with Crippen molar-refractivity contribution in [2.75, 3.05) is 11.4 Å². The van der Waals surface area contributed by atoms with Gasteiger partial charge < -0.3 is 5.11 Å². The minimum absolute atomic E-state index is 0.121. The maximum atomic E-state index is 12.7. The Morgan fingerprint density at radius 1 is 1.17 bits per heavy atom. The van der Waals surface area contributed by atoms with Crippen LogP contribution < -0.4 is 4.90 Å². The molecule has 1 atom stereocenters. The van der Waals surface area contributed by atoms with E-state index in [0.29, 0.717) is 10.7 Å². The molecule has 1 unspecified atom stereocenters. The van der Waals surface area contributed by atoms with Crippen LogP contribution in [0.3, 0.4) is 0 Å². The highest BCUT2D eigenvalue weighted by Gasteiger charge is 2.46. The lowest BCUT2D eigenvalue weighted by Crippen LogP contribution is -2.44. The fourth-order valence-electron chi connectivity index (χ4n) is 2.64. The first-order chi connectivity index (χ1) is 10.9. The number of carbonyl (C=O) groups excluding carboxylic acids is 1. The van der Waals surface area contributed by atoms with Crippen LogP contribution in [0.25, 0.3) is 0 Å². The third-order valence-corrected chi connectivity index (χ3v) is 4.64. The summed E-state index contributed by atoms with van der Waals surface area (Å²) in [7, 11) is 0. The Bertz CT molecular complexity index is 747. The van der Waals surface area contributed by atoms with Gasteiger partial charge in [0.15, 0.2) is 10.8 Å². The molecule has 6 heteroatoms. The molecule has 0 saturated carbocycles. The topological polar surface area (TPSA) is 43.8 Å². The van der Waals surface area contributed by atoms with E-state index in [1.807, 2.05) is 30.3 Å². The highest BCUT2D eigenvalue weighted by Crippen LogP contribution is 2.32. The van der Waals surface area contributed by atoms with Gasteiger partial charge in [-0.3, -0.25) is 14.6 Å². The second-order valence-corrected chi connectivity index (χ2v) is 6.85. The molecule has 2 aromatic carbocycles. The van der Waals surface area contributed by atoms with Crippen molar-refractivity contribution in [1.82, 2.24) is 4.90 Å². The molecule has 0 aliphatic carbocycles. The molecule has 23 heavy (non-hydrogen) atoms. The number of hydrogen-bond acceptors (Lipinski definition) is 3. The second-order valence-electron chi connectivity index (χ2n) is 5.57. The number of benzene rings is 2. The van der Waals surface area contributed by atoms with Crippen LogP contribution in [0.2, 0.25) is 0 Å². The van der Waals surface area contributed by atoms with Crippen LogP contribution in [0.5, 0.6) is 0 Å². The molecule has 0 spiro atoms. The molecule has 3 rings (SSSR count). The van der Waals surface area contributed by atoms with E-state index >= 15 is 0 Å². The van der Waals surface area contributed by atoms with Crippen molar-refractivity contribution in [3.05, 3.63) is 64.6 Å². The number of amides is 1. The third kappa shape index (κ3) is 3.02. The van der Waals surface area contributed by atoms with Crippen LogP contribution in [0.15, 0.2) is 59.1 Å². The van der Waals surface area contributed by atoms with Gasteiger partial charge in [-0.15, -0.1) is 0 Å². The summed E-state index contributed by atoms with van der Waals surface area (Å²) in [5.41, 5.74) is 0.0323. The van der Waals surface area contributed by atoms with Crippen LogP contribution in [0.4, 0.5) is 5.69 Å². The van der Waals surface area contributed by atoms with E-state index in [1.165, 1.54) is 4.90 Å². The molecule has 0 radical (unpaired) electrons. The largest absolute Gasteiger partial charge is 0.369 e. The van der Waals surface area contributed by atoms with E-state index in [0.717, 1.165) is 10.2 Å². The average molecular weight is 391 g/mol. The maximum Gasteiger partial charge on any atom is 0.260 e. The van der Waals surface area contributed by atoms with Crippen LogP contribution >= 0.6 is 28.1 Å². The fourth-order valence-corrected chi connectivity index (χ4v) is 3.35. The van der Waals surface area contributed by atoms with Gasteiger partial charge in [-0.25, -0.2) is 0 Å². The molecule has 118 valence electrons. The van der Waals surface area contributed by atoms with Crippen molar-refractivity contribution in [2.45, 2.75) is 12.6 Å². The number of anilines is 1. The lowest BCUT2D eigenvalue weighted by atomic mass is 10.2. The van der Waals surface area contributed by atoms with Crippen molar-refractivity contribution in [3.63, 3.8) is 0 Å². The van der Waals surface area contributed by atoms with E-state index < -0.39 is 5.72 Å². The molecule has 0 aromatic heterocycles. The van der Waals surface area contributed by atoms with Gasteiger partial charge in [-0.05, 0) is 55.5 Å². The van der Waals surface area contributed by atoms with Gasteiger partial charge in [0, 0.05) is 15.7 Å². The van der Waals surface area contributed by atoms with Gasteiger partial charge in [0.1, 0.15) is 0 Å². The number of carbonyl (C=O) groups is 1. The fraction of sp³-hybridized carbons (Fsp3) is 0.176. The Morgan fingerprint density at radius 3 is 2.39 bits per heavy atom. The zero-order chi connectivity index (χ0) is 16.6. The molecular weight excluding hydrogens is 376 g/mol. The summed E-state index contributed by atoms with van der Waals surface area (Å²) >= 11 is 8.85. The number of rotatable bonds is 2. The molecule has 0 bridgehead atoms. The Kier molecular flexibility index (Phi) is 4.23. The van der Waals surface area contributed by atoms with Gasteiger partial charge >= 0.3 is 0 Å². The Morgan fingerprint density at radius 2 is 1.78 bits per heavy atom. The molecular formula is C17H15BrN2O2S. The standard InChI is InChI=1S/C17H15BrN2O2S/c1-17(22)11-19(15(21)12-5-3-2-4-6-12)16(23)20(17)14-9-7-13(18)8-10-14/h2-10,22H,11H2,1H3. The molecule has 1 aliphatic heterocycles. The molecule has 2 aromatic rings. The van der Waals surface area contributed by atoms with E-state index in [4.69, 9.17) is 12.2 Å². The monoisotopic (exact) mass is 390 g/mol. The van der Waals surface area contributed by atoms with Crippen molar-refractivity contribution in [2.24, 2.45) is 0 Å². The van der Waals surface area contributed by atoms with E-state index in [2.05, 4.69) is 15.9 Å². The highest BCUT2D eigenvalue weighted by atomic mass is 79.9. The predicted octanol–water partition coefficient (Wildman–Crippen LogP) is 3.40. The van der Waals surface area contributed by atoms with Crippen molar-refractivity contribution in [1.29, 1.82) is 0 Å². The van der Waals surface area contributed by atoms with Crippen molar-refractivity contribution in [3.8, 4) is 0 Å². The SMILES string of the molecule is CC1(O)CN(C(=O)c2ccccc2)C(=S)N1c1ccc(Br)cc1. The van der Waals surface area contributed by atoms with Crippen LogP contribution in [0.1, 0.15) is 17.3 Å². The average Bonchev–Trinajstić information content (AvgIpc) is 2.78.